The average molecular weight is 1010 g/mol. The zero-order chi connectivity index (χ0) is 50.4. The summed E-state index contributed by atoms with van der Waals surface area (Å²) in [4.78, 5) is 31.3. The van der Waals surface area contributed by atoms with Crippen LogP contribution in [0.5, 0.6) is 0 Å². The van der Waals surface area contributed by atoms with E-state index in [4.69, 9.17) is 0 Å². The van der Waals surface area contributed by atoms with Gasteiger partial charge in [0.25, 0.3) is 0 Å². The summed E-state index contributed by atoms with van der Waals surface area (Å²) < 4.78 is 338. The topological polar surface area (TPSA) is 134 Å². The van der Waals surface area contributed by atoms with Crippen molar-refractivity contribution < 1.29 is 162 Å². The second-order valence-electron chi connectivity index (χ2n) is 12.6. The van der Waals surface area contributed by atoms with Gasteiger partial charge in [0, 0.05) is 20.0 Å². The van der Waals surface area contributed by atoms with Gasteiger partial charge in [-0.05, 0) is 0 Å². The zero-order valence-corrected chi connectivity index (χ0v) is 30.8. The van der Waals surface area contributed by atoms with Crippen LogP contribution in [0.3, 0.4) is 0 Å². The molecule has 0 aromatic heterocycles. The Bertz CT molecular complexity index is 1550. The summed E-state index contributed by atoms with van der Waals surface area (Å²) in [6.45, 7) is -6.25. The van der Waals surface area contributed by atoms with Crippen LogP contribution in [0.1, 0.15) is 32.1 Å². The van der Waals surface area contributed by atoms with Crippen LogP contribution in [-0.2, 0) is 42.6 Å². The lowest BCUT2D eigenvalue weighted by molar-refractivity contribution is -0.372. The van der Waals surface area contributed by atoms with E-state index in [-0.39, 0.29) is 0 Å². The van der Waals surface area contributed by atoms with Crippen LogP contribution in [-0.4, -0.2) is 143 Å². The van der Waals surface area contributed by atoms with Gasteiger partial charge < -0.3 is 42.6 Å². The van der Waals surface area contributed by atoms with Gasteiger partial charge in [-0.2, -0.15) is 105 Å². The number of halogens is 24. The number of hydrogen-bond acceptors (Lipinski definition) is 12. The molecule has 3 unspecified atom stereocenters. The summed E-state index contributed by atoms with van der Waals surface area (Å²) in [6.07, 6.45) is -46.9. The molecule has 0 amide bonds. The van der Waals surface area contributed by atoms with Crippen molar-refractivity contribution in [2.45, 2.75) is 117 Å². The molecule has 3 aliphatic heterocycles. The Morgan fingerprint density at radius 2 is 0.703 bits per heavy atom. The normalized spacial score (nSPS) is 20.8. The first kappa shape index (κ1) is 58.0. The van der Waals surface area contributed by atoms with Crippen LogP contribution < -0.4 is 0 Å². The first-order chi connectivity index (χ1) is 28.4. The lowest BCUT2D eigenvalue weighted by Gasteiger charge is -2.30. The molecule has 12 nitrogen and oxygen atoms in total. The van der Waals surface area contributed by atoms with Crippen LogP contribution in [0.15, 0.2) is 0 Å². The Morgan fingerprint density at radius 1 is 0.422 bits per heavy atom. The minimum absolute atomic E-state index is 0.463. The summed E-state index contributed by atoms with van der Waals surface area (Å²) in [5, 5.41) is 0. The van der Waals surface area contributed by atoms with Gasteiger partial charge in [-0.25, -0.2) is 14.4 Å². The maximum atomic E-state index is 13.4. The Labute approximate surface area is 338 Å². The third-order valence-electron chi connectivity index (χ3n) is 7.56. The predicted molar refractivity (Wildman–Crippen MR) is 147 cm³/mol. The minimum atomic E-state index is -6.70. The first-order valence-corrected chi connectivity index (χ1v) is 16.3. The maximum Gasteiger partial charge on any atom is 0.508 e. The number of cyclic esters (lactones) is 6. The second kappa shape index (κ2) is 20.3. The average Bonchev–Trinajstić information content (AvgIpc) is 3.83. The minimum Gasteiger partial charge on any atom is -0.430 e. The van der Waals surface area contributed by atoms with Crippen LogP contribution in [0.2, 0.25) is 0 Å². The Morgan fingerprint density at radius 3 is 0.938 bits per heavy atom. The molecule has 0 N–H and O–H groups in total. The van der Waals surface area contributed by atoms with Crippen molar-refractivity contribution in [2.75, 3.05) is 40.1 Å². The third-order valence-corrected chi connectivity index (χ3v) is 7.56. The summed E-state index contributed by atoms with van der Waals surface area (Å²) >= 11 is 0. The van der Waals surface area contributed by atoms with Crippen molar-refractivity contribution in [2.24, 2.45) is 0 Å². The third kappa shape index (κ3) is 15.3. The molecule has 3 heterocycles. The molecule has 0 bridgehead atoms. The largest absolute Gasteiger partial charge is 0.508 e. The van der Waals surface area contributed by atoms with E-state index in [1.165, 1.54) is 0 Å². The lowest BCUT2D eigenvalue weighted by atomic mass is 10.1. The highest BCUT2D eigenvalue weighted by atomic mass is 19.4. The maximum absolute atomic E-state index is 13.4. The highest BCUT2D eigenvalue weighted by molar-refractivity contribution is 5.62. The fourth-order valence-electron chi connectivity index (χ4n) is 4.09. The number of carbonyl (C=O) groups is 3. The number of hydrogen-bond donors (Lipinski definition) is 0. The van der Waals surface area contributed by atoms with E-state index in [2.05, 4.69) is 42.6 Å². The van der Waals surface area contributed by atoms with Crippen LogP contribution >= 0.6 is 0 Å². The molecule has 64 heavy (non-hydrogen) atoms. The van der Waals surface area contributed by atoms with E-state index in [9.17, 15) is 120 Å². The van der Waals surface area contributed by atoms with Crippen molar-refractivity contribution in [3.05, 3.63) is 0 Å². The molecule has 3 saturated heterocycles. The van der Waals surface area contributed by atoms with Gasteiger partial charge in [0.1, 0.15) is 38.1 Å². The number of rotatable bonds is 19. The van der Waals surface area contributed by atoms with E-state index >= 15 is 0 Å². The summed E-state index contributed by atoms with van der Waals surface area (Å²) in [5.41, 5.74) is 0. The van der Waals surface area contributed by atoms with Crippen molar-refractivity contribution in [3.63, 3.8) is 0 Å². The molecule has 3 rings (SSSR count). The van der Waals surface area contributed by atoms with Crippen LogP contribution in [0, 0.1) is 0 Å². The first-order valence-electron chi connectivity index (χ1n) is 16.3. The van der Waals surface area contributed by atoms with Gasteiger partial charge in [0.05, 0.1) is 32.5 Å². The van der Waals surface area contributed by atoms with Crippen molar-refractivity contribution in [3.8, 4) is 0 Å². The number of carbonyl (C=O) groups excluding carboxylic acids is 3. The predicted octanol–water partition coefficient (Wildman–Crippen LogP) is 9.91. The monoisotopic (exact) mass is 1010 g/mol. The van der Waals surface area contributed by atoms with Crippen molar-refractivity contribution in [1.29, 1.82) is 0 Å². The quantitative estimate of drug-likeness (QED) is 0.0693. The Hall–Kier alpha value is -3.99. The molecule has 36 heteroatoms. The summed E-state index contributed by atoms with van der Waals surface area (Å²) in [6, 6.07) is 0. The number of methoxy groups -OCH3 is 1. The molecule has 3 atom stereocenters. The van der Waals surface area contributed by atoms with Gasteiger partial charge >= 0.3 is 84.7 Å². The number of ether oxygens (including phenoxy) is 9. The molecule has 3 aliphatic rings. The molecule has 0 radical (unpaired) electrons. The van der Waals surface area contributed by atoms with E-state index in [1.807, 2.05) is 0 Å². The Kier molecular flexibility index (Phi) is 18.4. The molecule has 0 aliphatic carbocycles. The molecular weight excluding hydrogens is 984 g/mol. The smallest absolute Gasteiger partial charge is 0.430 e. The van der Waals surface area contributed by atoms with Gasteiger partial charge in [-0.3, -0.25) is 0 Å². The van der Waals surface area contributed by atoms with E-state index in [0.29, 0.717) is 7.11 Å². The van der Waals surface area contributed by atoms with Crippen molar-refractivity contribution >= 4 is 18.5 Å². The molecule has 0 aromatic rings. The summed E-state index contributed by atoms with van der Waals surface area (Å²) in [5.74, 6) is -32.4. The molecule has 378 valence electrons. The molecule has 0 spiro atoms. The lowest BCUT2D eigenvalue weighted by Crippen LogP contribution is -2.53. The van der Waals surface area contributed by atoms with Crippen LogP contribution in [0.4, 0.5) is 120 Å². The molecule has 3 fully saturated rings. The van der Waals surface area contributed by atoms with Crippen LogP contribution in [0.25, 0.3) is 0 Å². The SMILES string of the molecule is COC(F)(F)C(F)(F)CC1COC(=O)O1.O=C1OCC(CC(F)(F)C(F)(F)OCCC(F)(F)C(F)(F)C(F)(F)F)O1.O=C1OCC(CC(F)(F)C(F)(F)OCCC(F)(F)C(F)(F)F)O1. The van der Waals surface area contributed by atoms with Gasteiger partial charge in [-0.1, -0.05) is 0 Å². The van der Waals surface area contributed by atoms with Gasteiger partial charge in [0.2, 0.25) is 0 Å². The molecule has 0 saturated carbocycles. The zero-order valence-electron chi connectivity index (χ0n) is 30.8. The van der Waals surface area contributed by atoms with E-state index in [0.717, 1.165) is 0 Å². The van der Waals surface area contributed by atoms with Gasteiger partial charge in [-0.15, -0.1) is 0 Å². The summed E-state index contributed by atoms with van der Waals surface area (Å²) in [7, 11) is 0.463. The fourth-order valence-corrected chi connectivity index (χ4v) is 4.09. The second-order valence-corrected chi connectivity index (χ2v) is 12.6. The molecular formula is C28H26F24O12. The van der Waals surface area contributed by atoms with E-state index < -0.39 is 168 Å². The molecule has 0 aromatic carbocycles. The fraction of sp³-hybridized carbons (Fsp3) is 0.893. The standard InChI is InChI=1S/C11H9F11O4.C10H9F9O4.C7H8F4O4/c12-7(13,9(16,17)10(18,19)20)1-2-25-11(21,22)8(14,15)3-5-4-24-6(23)26-5;11-7(12,9(15,16)17)1-2-22-10(18,19)8(13,14)3-5-4-21-6(20)23-5;1-13-7(10,11)6(8,9)2-4-3-14-5(12)15-4/h5H,1-4H2;5H,1-4H2;4H,2-3H2,1H3. The highest BCUT2D eigenvalue weighted by Gasteiger charge is 2.73. The highest BCUT2D eigenvalue weighted by Crippen LogP contribution is 2.49. The Balaban J connectivity index is 0.000000496. The van der Waals surface area contributed by atoms with Crippen molar-refractivity contribution in [1.82, 2.24) is 0 Å². The number of alkyl halides is 24. The van der Waals surface area contributed by atoms with E-state index in [1.54, 1.807) is 0 Å². The van der Waals surface area contributed by atoms with Gasteiger partial charge in [0.15, 0.2) is 0 Å².